The van der Waals surface area contributed by atoms with Gasteiger partial charge in [-0.3, -0.25) is 4.21 Å². The van der Waals surface area contributed by atoms with E-state index >= 15 is 0 Å². The summed E-state index contributed by atoms with van der Waals surface area (Å²) in [6.07, 6.45) is 0.754. The van der Waals surface area contributed by atoms with Crippen molar-refractivity contribution in [3.05, 3.63) is 24.3 Å². The van der Waals surface area contributed by atoms with Gasteiger partial charge >= 0.3 is 0 Å². The van der Waals surface area contributed by atoms with Gasteiger partial charge in [-0.2, -0.15) is 0 Å². The highest BCUT2D eigenvalue weighted by atomic mass is 32.2. The van der Waals surface area contributed by atoms with Gasteiger partial charge in [0.2, 0.25) is 0 Å². The zero-order valence-corrected chi connectivity index (χ0v) is 10.8. The molecule has 0 aliphatic carbocycles. The van der Waals surface area contributed by atoms with Crippen molar-refractivity contribution >= 4 is 10.8 Å². The van der Waals surface area contributed by atoms with Gasteiger partial charge in [0.05, 0.1) is 17.9 Å². The number of hydrogen-bond acceptors (Lipinski definition) is 3. The molecule has 0 saturated carbocycles. The van der Waals surface area contributed by atoms with Crippen molar-refractivity contribution in [2.75, 3.05) is 7.11 Å². The van der Waals surface area contributed by atoms with Crippen LogP contribution in [-0.2, 0) is 10.8 Å². The quantitative estimate of drug-likeness (QED) is 0.857. The Kier molecular flexibility index (Phi) is 4.96. The van der Waals surface area contributed by atoms with E-state index < -0.39 is 10.8 Å². The van der Waals surface area contributed by atoms with Crippen LogP contribution in [0.2, 0.25) is 0 Å². The summed E-state index contributed by atoms with van der Waals surface area (Å²) in [5, 5.41) is 0.0621. The lowest BCUT2D eigenvalue weighted by Crippen LogP contribution is -2.24. The molecule has 2 N–H and O–H groups in total. The summed E-state index contributed by atoms with van der Waals surface area (Å²) >= 11 is 0. The molecule has 0 aliphatic heterocycles. The van der Waals surface area contributed by atoms with E-state index in [0.29, 0.717) is 0 Å². The first-order chi connectivity index (χ1) is 7.54. The Labute approximate surface area is 99.4 Å². The molecule has 0 radical (unpaired) electrons. The van der Waals surface area contributed by atoms with Crippen molar-refractivity contribution in [2.24, 2.45) is 5.73 Å². The molecule has 0 spiro atoms. The van der Waals surface area contributed by atoms with Gasteiger partial charge < -0.3 is 10.5 Å². The van der Waals surface area contributed by atoms with Crippen LogP contribution in [-0.4, -0.2) is 22.6 Å². The van der Waals surface area contributed by atoms with Gasteiger partial charge in [0.1, 0.15) is 5.75 Å². The molecule has 0 heterocycles. The van der Waals surface area contributed by atoms with Crippen molar-refractivity contribution in [2.45, 2.75) is 36.5 Å². The highest BCUT2D eigenvalue weighted by Crippen LogP contribution is 2.19. The van der Waals surface area contributed by atoms with E-state index in [2.05, 4.69) is 0 Å². The Morgan fingerprint density at radius 3 is 2.69 bits per heavy atom. The minimum Gasteiger partial charge on any atom is -0.497 e. The summed E-state index contributed by atoms with van der Waals surface area (Å²) in [5.41, 5.74) is 5.71. The van der Waals surface area contributed by atoms with Gasteiger partial charge in [-0.1, -0.05) is 13.0 Å². The van der Waals surface area contributed by atoms with Gasteiger partial charge in [-0.25, -0.2) is 0 Å². The molecule has 0 saturated heterocycles. The lowest BCUT2D eigenvalue weighted by atomic mass is 10.2. The third kappa shape index (κ3) is 3.61. The van der Waals surface area contributed by atoms with Crippen molar-refractivity contribution in [1.82, 2.24) is 0 Å². The lowest BCUT2D eigenvalue weighted by molar-refractivity contribution is 0.413. The Morgan fingerprint density at radius 2 is 2.12 bits per heavy atom. The van der Waals surface area contributed by atoms with E-state index in [1.807, 2.05) is 38.1 Å². The van der Waals surface area contributed by atoms with Gasteiger partial charge in [-0.05, 0) is 31.5 Å². The van der Waals surface area contributed by atoms with E-state index in [1.165, 1.54) is 0 Å². The number of benzene rings is 1. The zero-order chi connectivity index (χ0) is 12.1. The van der Waals surface area contributed by atoms with Crippen molar-refractivity contribution in [3.8, 4) is 5.75 Å². The normalized spacial score (nSPS) is 16.5. The molecule has 0 aliphatic rings. The fourth-order valence-electron chi connectivity index (χ4n) is 1.57. The first-order valence-electron chi connectivity index (χ1n) is 5.34. The van der Waals surface area contributed by atoms with Crippen LogP contribution in [0.5, 0.6) is 5.75 Å². The fraction of sp³-hybridized carbons (Fsp3) is 0.500. The second kappa shape index (κ2) is 6.01. The summed E-state index contributed by atoms with van der Waals surface area (Å²) in [4.78, 5) is 0.799. The molecule has 90 valence electrons. The van der Waals surface area contributed by atoms with Crippen LogP contribution in [0.4, 0.5) is 0 Å². The minimum absolute atomic E-state index is 0.0621. The predicted molar refractivity (Wildman–Crippen MR) is 67.1 cm³/mol. The van der Waals surface area contributed by atoms with Crippen LogP contribution < -0.4 is 10.5 Å². The van der Waals surface area contributed by atoms with Gasteiger partial charge in [0, 0.05) is 16.2 Å². The largest absolute Gasteiger partial charge is 0.497 e. The van der Waals surface area contributed by atoms with E-state index in [9.17, 15) is 4.21 Å². The molecule has 1 aromatic carbocycles. The SMILES string of the molecule is COc1cccc(S(=O)C(C)CC(C)N)c1. The van der Waals surface area contributed by atoms with Crippen LogP contribution in [0.3, 0.4) is 0 Å². The summed E-state index contributed by atoms with van der Waals surface area (Å²) in [5.74, 6) is 0.735. The first kappa shape index (κ1) is 13.2. The number of hydrogen-bond donors (Lipinski definition) is 1. The molecule has 0 aromatic heterocycles. The molecule has 4 heteroatoms. The Hall–Kier alpha value is -0.870. The van der Waals surface area contributed by atoms with Crippen LogP contribution in [0.25, 0.3) is 0 Å². The van der Waals surface area contributed by atoms with Gasteiger partial charge in [0.15, 0.2) is 0 Å². The van der Waals surface area contributed by atoms with E-state index in [-0.39, 0.29) is 11.3 Å². The van der Waals surface area contributed by atoms with E-state index in [4.69, 9.17) is 10.5 Å². The number of methoxy groups -OCH3 is 1. The van der Waals surface area contributed by atoms with Crippen molar-refractivity contribution in [1.29, 1.82) is 0 Å². The van der Waals surface area contributed by atoms with E-state index in [1.54, 1.807) is 7.11 Å². The van der Waals surface area contributed by atoms with Crippen molar-refractivity contribution < 1.29 is 8.95 Å². The maximum Gasteiger partial charge on any atom is 0.120 e. The monoisotopic (exact) mass is 241 g/mol. The molecule has 16 heavy (non-hydrogen) atoms. The summed E-state index contributed by atoms with van der Waals surface area (Å²) < 4.78 is 17.3. The number of rotatable bonds is 5. The Morgan fingerprint density at radius 1 is 1.44 bits per heavy atom. The van der Waals surface area contributed by atoms with Crippen LogP contribution >= 0.6 is 0 Å². The van der Waals surface area contributed by atoms with E-state index in [0.717, 1.165) is 17.1 Å². The zero-order valence-electron chi connectivity index (χ0n) is 9.97. The average molecular weight is 241 g/mol. The molecule has 1 aromatic rings. The Bertz CT molecular complexity index is 366. The van der Waals surface area contributed by atoms with Crippen LogP contribution in [0.1, 0.15) is 20.3 Å². The highest BCUT2D eigenvalue weighted by molar-refractivity contribution is 7.85. The van der Waals surface area contributed by atoms with Crippen LogP contribution in [0, 0.1) is 0 Å². The second-order valence-corrected chi connectivity index (χ2v) is 5.87. The maximum absolute atomic E-state index is 12.1. The van der Waals surface area contributed by atoms with Crippen LogP contribution in [0.15, 0.2) is 29.2 Å². The molecular formula is C12H19NO2S. The third-order valence-electron chi connectivity index (χ3n) is 2.34. The third-order valence-corrected chi connectivity index (χ3v) is 3.98. The lowest BCUT2D eigenvalue weighted by Gasteiger charge is -2.14. The topological polar surface area (TPSA) is 52.3 Å². The summed E-state index contributed by atoms with van der Waals surface area (Å²) in [7, 11) is 0.584. The number of ether oxygens (including phenoxy) is 1. The smallest absolute Gasteiger partial charge is 0.120 e. The first-order valence-corrected chi connectivity index (χ1v) is 6.56. The summed E-state index contributed by atoms with van der Waals surface area (Å²) in [6, 6.07) is 7.44. The molecule has 0 bridgehead atoms. The summed E-state index contributed by atoms with van der Waals surface area (Å²) in [6.45, 7) is 3.89. The van der Waals surface area contributed by atoms with Gasteiger partial charge in [0.25, 0.3) is 0 Å². The average Bonchev–Trinajstić information content (AvgIpc) is 2.27. The standard InChI is InChI=1S/C12H19NO2S/c1-9(13)7-10(2)16(14)12-6-4-5-11(8-12)15-3/h4-6,8-10H,7,13H2,1-3H3. The molecule has 1 rings (SSSR count). The van der Waals surface area contributed by atoms with Gasteiger partial charge in [-0.15, -0.1) is 0 Å². The molecule has 3 atom stereocenters. The fourth-order valence-corrected chi connectivity index (χ4v) is 2.96. The molecule has 0 amide bonds. The molecule has 3 unspecified atom stereocenters. The Balaban J connectivity index is 2.79. The molecule has 3 nitrogen and oxygen atoms in total. The maximum atomic E-state index is 12.1. The predicted octanol–water partition coefficient (Wildman–Crippen LogP) is 1.93. The molecular weight excluding hydrogens is 222 g/mol. The van der Waals surface area contributed by atoms with Crippen molar-refractivity contribution in [3.63, 3.8) is 0 Å². The number of nitrogens with two attached hydrogens (primary N) is 1. The highest BCUT2D eigenvalue weighted by Gasteiger charge is 2.15. The molecule has 0 fully saturated rings. The second-order valence-electron chi connectivity index (χ2n) is 4.00. The minimum atomic E-state index is -1.02.